The molecule has 0 aliphatic rings. The normalized spacial score (nSPS) is 8.00. The molecule has 21 heavy (non-hydrogen) atoms. The second-order valence-electron chi connectivity index (χ2n) is 3.59. The van der Waals surface area contributed by atoms with Gasteiger partial charge in [0.25, 0.3) is 0 Å². The molecule has 0 fully saturated rings. The van der Waals surface area contributed by atoms with Gasteiger partial charge in [-0.3, -0.25) is 0 Å². The molecule has 0 heterocycles. The third-order valence-corrected chi connectivity index (χ3v) is 2.11. The minimum atomic E-state index is -0.229. The average Bonchev–Trinajstić information content (AvgIpc) is 2.26. The summed E-state index contributed by atoms with van der Waals surface area (Å²) in [5.41, 5.74) is 5.57. The van der Waals surface area contributed by atoms with Crippen LogP contribution >= 0.6 is 160 Å². The molecule has 1 aromatic rings. The molecule has 0 aliphatic heterocycles. The Morgan fingerprint density at radius 1 is 0.619 bits per heavy atom. The summed E-state index contributed by atoms with van der Waals surface area (Å²) in [5, 5.41) is 0. The van der Waals surface area contributed by atoms with Crippen LogP contribution in [-0.4, -0.2) is 8.60 Å². The third-order valence-electron chi connectivity index (χ3n) is 2.11. The predicted octanol–water partition coefficient (Wildman–Crippen LogP) is 9.24. The van der Waals surface area contributed by atoms with Crippen LogP contribution in [0.4, 0.5) is 0 Å². The summed E-state index contributed by atoms with van der Waals surface area (Å²) in [6, 6.07) is 4.48. The topological polar surface area (TPSA) is 0 Å². The van der Waals surface area contributed by atoms with Crippen molar-refractivity contribution in [2.45, 2.75) is 27.7 Å². The van der Waals surface area contributed by atoms with Gasteiger partial charge in [-0.2, -0.15) is 122 Å². The molecule has 0 nitrogen and oxygen atoms in total. The molecular formula is C10H14Al2I8Ti. The first-order valence-electron chi connectivity index (χ1n) is 5.34. The van der Waals surface area contributed by atoms with Crippen molar-refractivity contribution in [2.75, 3.05) is 0 Å². The Bertz CT molecular complexity index is 303. The van der Waals surface area contributed by atoms with Gasteiger partial charge in [0.1, 0.15) is 0 Å². The van der Waals surface area contributed by atoms with E-state index in [1.54, 1.807) is 0 Å². The molecule has 0 N–H and O–H groups in total. The van der Waals surface area contributed by atoms with Gasteiger partial charge in [0.05, 0.1) is 0 Å². The van der Waals surface area contributed by atoms with Gasteiger partial charge in [0, 0.05) is 0 Å². The fourth-order valence-corrected chi connectivity index (χ4v) is 1.10. The molecule has 0 aliphatic carbocycles. The van der Waals surface area contributed by atoms with Gasteiger partial charge >= 0.3 is 58.6 Å². The maximum atomic E-state index is 2.46. The van der Waals surface area contributed by atoms with Crippen LogP contribution in [0.1, 0.15) is 22.3 Å². The Kier molecular flexibility index (Phi) is 35.8. The Morgan fingerprint density at radius 2 is 0.714 bits per heavy atom. The monoisotopic (exact) mass is 1250 g/mol. The minimum absolute atomic E-state index is 0.229. The number of hydrogen-bond donors (Lipinski definition) is 0. The van der Waals surface area contributed by atoms with Gasteiger partial charge in [-0.15, -0.1) is 0 Å². The number of hydrogen-bond acceptors (Lipinski definition) is 0. The van der Waals surface area contributed by atoms with E-state index in [1.165, 1.54) is 22.3 Å². The van der Waals surface area contributed by atoms with Crippen LogP contribution in [0.5, 0.6) is 0 Å². The standard InChI is InChI=1S/C10H14.2Al.8HI.Ti/c1-7-5-9(3)10(4)6-8(7)2;;;;;;;;;;;/h5-6H,1-4H3;;;8*1H;/q;2*+3;;;;;;;;;+2/p-8. The molecule has 1 rings (SSSR count). The molecule has 0 amide bonds. The summed E-state index contributed by atoms with van der Waals surface area (Å²) < 4.78 is -0.458. The van der Waals surface area contributed by atoms with Crippen molar-refractivity contribution in [2.24, 2.45) is 0 Å². The SMILES string of the molecule is Cc1cc(C)c(C)cc1C.[I][Al]([I])[I].[I][Al]([I])[I].[I][Ti][I]. The first-order valence-corrected chi connectivity index (χ1v) is 40.5. The summed E-state index contributed by atoms with van der Waals surface area (Å²) in [5.74, 6) is 0. The summed E-state index contributed by atoms with van der Waals surface area (Å²) in [6.07, 6.45) is 0. The van der Waals surface area contributed by atoms with Crippen molar-refractivity contribution >= 4 is 169 Å². The van der Waals surface area contributed by atoms with Crippen LogP contribution in [0.25, 0.3) is 0 Å². The summed E-state index contributed by atoms with van der Waals surface area (Å²) in [6.45, 7) is 8.62. The number of aryl methyl sites for hydroxylation is 4. The fourth-order valence-electron chi connectivity index (χ4n) is 1.10. The van der Waals surface area contributed by atoms with Crippen molar-refractivity contribution in [3.05, 3.63) is 34.4 Å². The van der Waals surface area contributed by atoms with Crippen LogP contribution in [-0.2, 0) is 11.7 Å². The molecule has 0 saturated carbocycles. The molecular weight excluding hydrogens is 1240 g/mol. The molecule has 1 aromatic carbocycles. The quantitative estimate of drug-likeness (QED) is 0.180. The van der Waals surface area contributed by atoms with Crippen LogP contribution in [0.3, 0.4) is 0 Å². The first-order chi connectivity index (χ1) is 9.49. The Hall–Kier alpha value is 6.84. The van der Waals surface area contributed by atoms with Crippen LogP contribution in [0, 0.1) is 27.7 Å². The van der Waals surface area contributed by atoms with Crippen molar-refractivity contribution in [1.82, 2.24) is 0 Å². The van der Waals surface area contributed by atoms with E-state index < -0.39 is 0 Å². The molecule has 0 unspecified atom stereocenters. The van der Waals surface area contributed by atoms with Gasteiger partial charge in [-0.25, -0.2) is 0 Å². The summed E-state index contributed by atoms with van der Waals surface area (Å²) >= 11 is 20.0. The molecule has 0 aromatic heterocycles. The van der Waals surface area contributed by atoms with E-state index in [0.29, 0.717) is 11.7 Å². The zero-order valence-corrected chi connectivity index (χ0v) is 33.0. The zero-order chi connectivity index (χ0) is 17.6. The summed E-state index contributed by atoms with van der Waals surface area (Å²) in [4.78, 5) is 0. The zero-order valence-electron chi connectivity index (χ0n) is 11.8. The van der Waals surface area contributed by atoms with Crippen LogP contribution in [0.2, 0.25) is 0 Å². The van der Waals surface area contributed by atoms with E-state index in [1.807, 2.05) is 0 Å². The van der Waals surface area contributed by atoms with Crippen molar-refractivity contribution < 1.29 is 11.7 Å². The molecule has 0 saturated heterocycles. The van der Waals surface area contributed by atoms with E-state index >= 15 is 0 Å². The number of halogens is 8. The third kappa shape index (κ3) is 31.7. The maximum absolute atomic E-state index is 2.46. The van der Waals surface area contributed by atoms with Gasteiger partial charge in [0.15, 0.2) is 0 Å². The molecule has 0 radical (unpaired) electrons. The van der Waals surface area contributed by atoms with E-state index in [0.717, 1.165) is 0 Å². The predicted molar refractivity (Wildman–Crippen MR) is 169 cm³/mol. The van der Waals surface area contributed by atoms with E-state index in [4.69, 9.17) is 0 Å². The van der Waals surface area contributed by atoms with Crippen molar-refractivity contribution in [3.8, 4) is 0 Å². The van der Waals surface area contributed by atoms with E-state index in [2.05, 4.69) is 200 Å². The van der Waals surface area contributed by atoms with E-state index in [-0.39, 0.29) is 8.60 Å². The molecule has 11 heteroatoms. The Labute approximate surface area is 235 Å². The van der Waals surface area contributed by atoms with Gasteiger partial charge in [-0.1, -0.05) is 12.1 Å². The van der Waals surface area contributed by atoms with Crippen LogP contribution < -0.4 is 0 Å². The number of benzene rings is 1. The fraction of sp³-hybridized carbons (Fsp3) is 0.400. The first kappa shape index (κ1) is 32.5. The Morgan fingerprint density at radius 3 is 0.810 bits per heavy atom. The molecule has 120 valence electrons. The second-order valence-corrected chi connectivity index (χ2v) is 83.1. The number of rotatable bonds is 0. The van der Waals surface area contributed by atoms with E-state index in [9.17, 15) is 0 Å². The second kappa shape index (κ2) is 23.1. The average molecular weight is 1250 g/mol. The molecule has 0 spiro atoms. The Balaban J connectivity index is -0.000000247. The van der Waals surface area contributed by atoms with Crippen molar-refractivity contribution in [1.29, 1.82) is 0 Å². The molecule has 0 bridgehead atoms. The molecule has 0 atom stereocenters. The van der Waals surface area contributed by atoms with Crippen LogP contribution in [0.15, 0.2) is 12.1 Å². The summed E-state index contributed by atoms with van der Waals surface area (Å²) in [7, 11) is 0. The van der Waals surface area contributed by atoms with Gasteiger partial charge in [0.2, 0.25) is 0 Å². The van der Waals surface area contributed by atoms with Crippen molar-refractivity contribution in [3.63, 3.8) is 0 Å². The van der Waals surface area contributed by atoms with Gasteiger partial charge < -0.3 is 0 Å². The van der Waals surface area contributed by atoms with Gasteiger partial charge in [-0.05, 0) is 49.9 Å².